The summed E-state index contributed by atoms with van der Waals surface area (Å²) in [4.78, 5) is 40.4. The zero-order valence-electron chi connectivity index (χ0n) is 23.8. The molecule has 0 spiro atoms. The van der Waals surface area contributed by atoms with Gasteiger partial charge in [0, 0.05) is 31.0 Å². The summed E-state index contributed by atoms with van der Waals surface area (Å²) in [7, 11) is 3.31. The molecule has 0 aromatic heterocycles. The molecule has 3 atom stereocenters. The van der Waals surface area contributed by atoms with Crippen LogP contribution < -0.4 is 25.4 Å². The lowest BCUT2D eigenvalue weighted by atomic mass is 9.94. The van der Waals surface area contributed by atoms with Crippen LogP contribution in [0, 0.1) is 0 Å². The van der Waals surface area contributed by atoms with Crippen LogP contribution in [0.2, 0.25) is 0 Å². The van der Waals surface area contributed by atoms with E-state index in [9.17, 15) is 14.4 Å². The summed E-state index contributed by atoms with van der Waals surface area (Å²) in [6, 6.07) is 21.4. The molecule has 0 bridgehead atoms. The number of amides is 4. The lowest BCUT2D eigenvalue weighted by molar-refractivity contribution is -0.134. The van der Waals surface area contributed by atoms with E-state index < -0.39 is 6.03 Å². The average Bonchev–Trinajstić information content (AvgIpc) is 3.00. The van der Waals surface area contributed by atoms with Crippen LogP contribution >= 0.6 is 0 Å². The molecule has 3 aromatic rings. The van der Waals surface area contributed by atoms with Crippen LogP contribution in [0.5, 0.6) is 11.5 Å². The number of nitrogens with zero attached hydrogens (tertiary/aromatic N) is 1. The van der Waals surface area contributed by atoms with Gasteiger partial charge in [-0.3, -0.25) is 9.59 Å². The van der Waals surface area contributed by atoms with E-state index in [1.165, 1.54) is 5.56 Å². The van der Waals surface area contributed by atoms with Crippen LogP contribution in [0.3, 0.4) is 0 Å². The number of nitrogens with one attached hydrogen (secondary N) is 3. The van der Waals surface area contributed by atoms with Crippen molar-refractivity contribution in [1.29, 1.82) is 0 Å². The molecule has 2 aliphatic rings. The number of carbonyl (C=O) groups is 3. The van der Waals surface area contributed by atoms with E-state index >= 15 is 0 Å². The summed E-state index contributed by atoms with van der Waals surface area (Å²) in [6.07, 6.45) is 1.77. The fourth-order valence-corrected chi connectivity index (χ4v) is 5.37. The van der Waals surface area contributed by atoms with Crippen molar-refractivity contribution in [3.05, 3.63) is 83.9 Å². The van der Waals surface area contributed by atoms with Crippen molar-refractivity contribution in [2.24, 2.45) is 0 Å². The van der Waals surface area contributed by atoms with Gasteiger partial charge < -0.3 is 35.1 Å². The van der Waals surface area contributed by atoms with E-state index in [1.807, 2.05) is 30.3 Å². The molecule has 2 heterocycles. The van der Waals surface area contributed by atoms with E-state index in [2.05, 4.69) is 16.0 Å². The molecule has 220 valence electrons. The smallest absolute Gasteiger partial charge is 0.323 e. The molecule has 3 aromatic carbocycles. The van der Waals surface area contributed by atoms with Crippen molar-refractivity contribution in [3.8, 4) is 11.5 Å². The van der Waals surface area contributed by atoms with Gasteiger partial charge in [0.15, 0.2) is 0 Å². The second-order valence-electron chi connectivity index (χ2n) is 10.5. The lowest BCUT2D eigenvalue weighted by Crippen LogP contribution is -2.54. The van der Waals surface area contributed by atoms with E-state index in [0.717, 1.165) is 6.42 Å². The second-order valence-corrected chi connectivity index (χ2v) is 10.5. The first kappa shape index (κ1) is 28.9. The molecular formula is C32H36N4O6. The van der Waals surface area contributed by atoms with Gasteiger partial charge in [0.05, 0.1) is 31.2 Å². The molecular weight excluding hydrogens is 536 g/mol. The van der Waals surface area contributed by atoms with E-state index in [-0.39, 0.29) is 43.1 Å². The highest BCUT2D eigenvalue weighted by Crippen LogP contribution is 2.32. The van der Waals surface area contributed by atoms with Crippen molar-refractivity contribution < 1.29 is 28.6 Å². The van der Waals surface area contributed by atoms with Crippen LogP contribution in [0.25, 0.3) is 0 Å². The predicted octanol–water partition coefficient (Wildman–Crippen LogP) is 4.47. The van der Waals surface area contributed by atoms with Gasteiger partial charge in [-0.15, -0.1) is 0 Å². The van der Waals surface area contributed by atoms with Gasteiger partial charge in [-0.05, 0) is 55.2 Å². The van der Waals surface area contributed by atoms with Crippen molar-refractivity contribution >= 4 is 29.2 Å². The molecule has 1 saturated heterocycles. The van der Waals surface area contributed by atoms with Crippen molar-refractivity contribution in [3.63, 3.8) is 0 Å². The fraction of sp³-hybridized carbons (Fsp3) is 0.344. The summed E-state index contributed by atoms with van der Waals surface area (Å²) in [5, 5.41) is 8.52. The zero-order valence-corrected chi connectivity index (χ0v) is 23.8. The molecule has 42 heavy (non-hydrogen) atoms. The maximum atomic E-state index is 13.5. The summed E-state index contributed by atoms with van der Waals surface area (Å²) < 4.78 is 17.5. The summed E-state index contributed by atoms with van der Waals surface area (Å²) >= 11 is 0. The lowest BCUT2D eigenvalue weighted by Gasteiger charge is -2.42. The van der Waals surface area contributed by atoms with Crippen LogP contribution in [0.15, 0.2) is 72.8 Å². The van der Waals surface area contributed by atoms with Crippen LogP contribution in [-0.2, 0) is 16.0 Å². The van der Waals surface area contributed by atoms with Crippen molar-refractivity contribution in [2.75, 3.05) is 37.9 Å². The molecule has 5 rings (SSSR count). The Morgan fingerprint density at radius 2 is 1.76 bits per heavy atom. The van der Waals surface area contributed by atoms with E-state index in [1.54, 1.807) is 61.5 Å². The molecule has 0 saturated carbocycles. The summed E-state index contributed by atoms with van der Waals surface area (Å²) in [6.45, 7) is 0.808. The third-order valence-electron chi connectivity index (χ3n) is 7.59. The normalized spacial score (nSPS) is 19.7. The van der Waals surface area contributed by atoms with E-state index in [4.69, 9.17) is 14.2 Å². The Labute approximate surface area is 245 Å². The zero-order chi connectivity index (χ0) is 29.5. The number of likely N-dealkylation sites (N-methyl/N-ethyl adjacent to an activating group) is 1. The first-order chi connectivity index (χ1) is 20.4. The molecule has 4 amide bonds. The Morgan fingerprint density at radius 3 is 2.55 bits per heavy atom. The fourth-order valence-electron chi connectivity index (χ4n) is 5.37. The Bertz CT molecular complexity index is 1420. The third-order valence-corrected chi connectivity index (χ3v) is 7.59. The van der Waals surface area contributed by atoms with Gasteiger partial charge in [0.25, 0.3) is 5.91 Å². The minimum absolute atomic E-state index is 0.0496. The topological polar surface area (TPSA) is 118 Å². The first-order valence-corrected chi connectivity index (χ1v) is 14.1. The minimum Gasteiger partial charge on any atom is -0.497 e. The SMILES string of the molecule is COc1cccc(NC(=O)Nc2ccc3c(c2)C(=O)N(C)[C@H]2CC[C@@H](CC(=O)NCCc4ccccc4)O[C@H]2CO3)c1. The number of hydrogen-bond donors (Lipinski definition) is 3. The second kappa shape index (κ2) is 13.4. The van der Waals surface area contributed by atoms with Crippen LogP contribution in [0.4, 0.5) is 16.2 Å². The molecule has 2 aliphatic heterocycles. The molecule has 0 radical (unpaired) electrons. The summed E-state index contributed by atoms with van der Waals surface area (Å²) in [5.74, 6) is 0.759. The number of carbonyl (C=O) groups excluding carboxylic acids is 3. The predicted molar refractivity (Wildman–Crippen MR) is 159 cm³/mol. The standard InChI is InChI=1S/C32H36N4O6/c1-36-27-13-12-25(19-30(37)33-16-15-21-7-4-3-5-8-21)42-29(27)20-41-28-14-11-23(18-26(28)31(36)38)35-32(39)34-22-9-6-10-24(17-22)40-2/h3-11,14,17-18,25,27,29H,12-13,15-16,19-20H2,1-2H3,(H,33,37)(H2,34,35,39)/t25-,27-,29-/m0/s1. The maximum Gasteiger partial charge on any atom is 0.323 e. The Kier molecular flexibility index (Phi) is 9.23. The molecule has 1 fully saturated rings. The quantitative estimate of drug-likeness (QED) is 0.367. The summed E-state index contributed by atoms with van der Waals surface area (Å²) in [5.41, 5.74) is 2.56. The minimum atomic E-state index is -0.452. The maximum absolute atomic E-state index is 13.5. The van der Waals surface area contributed by atoms with Crippen molar-refractivity contribution in [2.45, 2.75) is 43.9 Å². The third kappa shape index (κ3) is 7.19. The number of anilines is 2. The van der Waals surface area contributed by atoms with Gasteiger partial charge in [0.2, 0.25) is 5.91 Å². The molecule has 3 N–H and O–H groups in total. The average molecular weight is 573 g/mol. The van der Waals surface area contributed by atoms with E-state index in [0.29, 0.717) is 47.8 Å². The van der Waals surface area contributed by atoms with Gasteiger partial charge in [-0.1, -0.05) is 36.4 Å². The number of benzene rings is 3. The highest BCUT2D eigenvalue weighted by molar-refractivity contribution is 6.02. The Balaban J connectivity index is 1.17. The van der Waals surface area contributed by atoms with Crippen LogP contribution in [0.1, 0.15) is 35.2 Å². The number of ether oxygens (including phenoxy) is 3. The largest absolute Gasteiger partial charge is 0.497 e. The van der Waals surface area contributed by atoms with Gasteiger partial charge in [0.1, 0.15) is 24.2 Å². The van der Waals surface area contributed by atoms with Gasteiger partial charge in [-0.25, -0.2) is 4.79 Å². The van der Waals surface area contributed by atoms with Crippen LogP contribution in [-0.4, -0.2) is 68.3 Å². The van der Waals surface area contributed by atoms with Gasteiger partial charge in [-0.2, -0.15) is 0 Å². The number of hydrogen-bond acceptors (Lipinski definition) is 6. The molecule has 10 nitrogen and oxygen atoms in total. The number of fused-ring (bicyclic) bond motifs is 2. The highest BCUT2D eigenvalue weighted by atomic mass is 16.5. The highest BCUT2D eigenvalue weighted by Gasteiger charge is 2.39. The monoisotopic (exact) mass is 572 g/mol. The molecule has 0 unspecified atom stereocenters. The Morgan fingerprint density at radius 1 is 0.976 bits per heavy atom. The number of urea groups is 1. The number of methoxy groups -OCH3 is 1. The molecule has 0 aliphatic carbocycles. The Hall–Kier alpha value is -4.57. The molecule has 10 heteroatoms. The van der Waals surface area contributed by atoms with Gasteiger partial charge >= 0.3 is 6.03 Å². The van der Waals surface area contributed by atoms with Crippen molar-refractivity contribution in [1.82, 2.24) is 10.2 Å². The first-order valence-electron chi connectivity index (χ1n) is 14.1. The number of rotatable bonds is 8.